The lowest BCUT2D eigenvalue weighted by atomic mass is 9.81. The van der Waals surface area contributed by atoms with Crippen molar-refractivity contribution < 1.29 is 22.3 Å². The number of carbonyl (C=O) groups is 1. The van der Waals surface area contributed by atoms with Gasteiger partial charge in [-0.1, -0.05) is 92.1 Å². The Morgan fingerprint density at radius 3 is 2.43 bits per heavy atom. The van der Waals surface area contributed by atoms with Crippen molar-refractivity contribution in [1.29, 1.82) is 0 Å². The molecular formula is C45H54N8O4S. The number of aromatic nitrogens is 2. The standard InChI is InChI=1S/C45H54N8O4S/c1-44(2)34-19-10-13-22-37(34)51(29-16-6-9-27-43(54)47-28-17-30-53-39-24-15-12-21-36(39)49-42(53)33-48-50-46)40(44)25-7-5-8-26-41-45(3,4)35-20-11-14-23-38(35)52(41)31-18-32-58(55,56)57/h5,7-8,10-15,19-26H,6,9,16-18,27-33H2,1-4H3,(H-,47,54,55,56,57). The van der Waals surface area contributed by atoms with Crippen LogP contribution in [0.25, 0.3) is 21.5 Å². The maximum atomic E-state index is 12.7. The number of rotatable bonds is 19. The molecule has 13 heteroatoms. The number of azide groups is 1. The fourth-order valence-electron chi connectivity index (χ4n) is 8.40. The lowest BCUT2D eigenvalue weighted by molar-refractivity contribution is -0.437. The Kier molecular flexibility index (Phi) is 13.4. The Morgan fingerprint density at radius 1 is 0.897 bits per heavy atom. The van der Waals surface area contributed by atoms with E-state index in [4.69, 9.17) is 5.53 Å². The first-order valence-electron chi connectivity index (χ1n) is 20.1. The van der Waals surface area contributed by atoms with Crippen molar-refractivity contribution in [3.63, 3.8) is 0 Å². The van der Waals surface area contributed by atoms with Crippen molar-refractivity contribution in [2.75, 3.05) is 30.3 Å². The Bertz CT molecular complexity index is 2420. The lowest BCUT2D eigenvalue weighted by Crippen LogP contribution is -2.28. The van der Waals surface area contributed by atoms with Gasteiger partial charge in [-0.05, 0) is 68.5 Å². The van der Waals surface area contributed by atoms with Crippen LogP contribution in [0.5, 0.6) is 0 Å². The van der Waals surface area contributed by atoms with Gasteiger partial charge in [0, 0.05) is 77.6 Å². The molecule has 4 aromatic rings. The molecule has 0 radical (unpaired) electrons. The number of amides is 1. The zero-order valence-corrected chi connectivity index (χ0v) is 34.8. The second-order valence-electron chi connectivity index (χ2n) is 16.0. The number of para-hydroxylation sites is 4. The van der Waals surface area contributed by atoms with Gasteiger partial charge in [-0.3, -0.25) is 4.79 Å². The fraction of sp³-hybridized carbons (Fsp3) is 0.400. The summed E-state index contributed by atoms with van der Waals surface area (Å²) in [7, 11) is -4.29. The van der Waals surface area contributed by atoms with Crippen LogP contribution >= 0.6 is 0 Å². The van der Waals surface area contributed by atoms with Crippen molar-refractivity contribution in [2.24, 2.45) is 5.11 Å². The van der Waals surface area contributed by atoms with E-state index in [0.717, 1.165) is 60.5 Å². The van der Waals surface area contributed by atoms with Gasteiger partial charge in [0.05, 0.1) is 33.1 Å². The van der Waals surface area contributed by atoms with Gasteiger partial charge in [0.1, 0.15) is 12.4 Å². The molecule has 2 aliphatic rings. The maximum absolute atomic E-state index is 12.7. The molecule has 12 nitrogen and oxygen atoms in total. The number of carbonyl (C=O) groups excluding carboxylic acids is 1. The number of imidazole rings is 1. The molecule has 6 rings (SSSR count). The average molecular weight is 803 g/mol. The Balaban J connectivity index is 1.04. The van der Waals surface area contributed by atoms with Crippen molar-refractivity contribution in [3.05, 3.63) is 136 Å². The topological polar surface area (TPSA) is 159 Å². The van der Waals surface area contributed by atoms with Gasteiger partial charge in [-0.15, -0.1) is 0 Å². The number of anilines is 1. The molecule has 0 saturated carbocycles. The number of hydrogen-bond acceptors (Lipinski definition) is 7. The quantitative estimate of drug-likeness (QED) is 0.0190. The van der Waals surface area contributed by atoms with Gasteiger partial charge in [-0.25, -0.2) is 13.4 Å². The van der Waals surface area contributed by atoms with E-state index < -0.39 is 15.9 Å². The molecule has 1 N–H and O–H groups in total. The number of fused-ring (bicyclic) bond motifs is 3. The highest BCUT2D eigenvalue weighted by Crippen LogP contribution is 2.47. The molecule has 1 aromatic heterocycles. The Hall–Kier alpha value is -5.49. The van der Waals surface area contributed by atoms with Crippen LogP contribution in [0.2, 0.25) is 0 Å². The number of nitrogens with one attached hydrogen (secondary N) is 1. The summed E-state index contributed by atoms with van der Waals surface area (Å²) in [5.41, 5.74) is 17.1. The second-order valence-corrected chi connectivity index (χ2v) is 17.5. The van der Waals surface area contributed by atoms with Gasteiger partial charge < -0.3 is 19.3 Å². The normalized spacial score (nSPS) is 16.4. The summed E-state index contributed by atoms with van der Waals surface area (Å²) in [5, 5.41) is 6.77. The summed E-state index contributed by atoms with van der Waals surface area (Å²) in [5.74, 6) is 0.379. The molecule has 0 atom stereocenters. The summed E-state index contributed by atoms with van der Waals surface area (Å²) >= 11 is 0. The smallest absolute Gasteiger partial charge is 0.219 e. The Labute approximate surface area is 342 Å². The highest BCUT2D eigenvalue weighted by Gasteiger charge is 2.44. The summed E-state index contributed by atoms with van der Waals surface area (Å²) in [4.78, 5) is 22.6. The molecule has 3 heterocycles. The van der Waals surface area contributed by atoms with Crippen LogP contribution < -0.4 is 10.2 Å². The van der Waals surface area contributed by atoms with Crippen LogP contribution in [0.15, 0.2) is 114 Å². The second kappa shape index (κ2) is 18.4. The molecule has 304 valence electrons. The van der Waals surface area contributed by atoms with E-state index in [1.807, 2.05) is 54.6 Å². The molecule has 58 heavy (non-hydrogen) atoms. The van der Waals surface area contributed by atoms with Gasteiger partial charge in [0.25, 0.3) is 0 Å². The van der Waals surface area contributed by atoms with E-state index >= 15 is 0 Å². The van der Waals surface area contributed by atoms with Crippen molar-refractivity contribution in [1.82, 2.24) is 14.9 Å². The molecular weight excluding hydrogens is 749 g/mol. The number of unbranched alkanes of at least 4 members (excludes halogenated alkanes) is 2. The van der Waals surface area contributed by atoms with Crippen molar-refractivity contribution in [2.45, 2.75) is 90.1 Å². The third kappa shape index (κ3) is 9.61. The average Bonchev–Trinajstić information content (AvgIpc) is 3.73. The number of hydrogen-bond donors (Lipinski definition) is 1. The number of benzene rings is 3. The van der Waals surface area contributed by atoms with E-state index in [1.54, 1.807) is 0 Å². The molecule has 0 fully saturated rings. The summed E-state index contributed by atoms with van der Waals surface area (Å²) < 4.78 is 38.3. The largest absolute Gasteiger partial charge is 0.748 e. The van der Waals surface area contributed by atoms with Crippen molar-refractivity contribution in [3.8, 4) is 0 Å². The minimum absolute atomic E-state index is 0.0535. The zero-order valence-electron chi connectivity index (χ0n) is 34.0. The molecule has 0 aliphatic carbocycles. The van der Waals surface area contributed by atoms with Crippen LogP contribution in [0, 0.1) is 0 Å². The van der Waals surface area contributed by atoms with Gasteiger partial charge in [0.2, 0.25) is 11.6 Å². The first kappa shape index (κ1) is 42.1. The van der Waals surface area contributed by atoms with E-state index in [2.05, 4.69) is 111 Å². The number of nitrogens with zero attached hydrogens (tertiary/aromatic N) is 7. The predicted molar refractivity (Wildman–Crippen MR) is 230 cm³/mol. The minimum atomic E-state index is -4.29. The maximum Gasteiger partial charge on any atom is 0.219 e. The summed E-state index contributed by atoms with van der Waals surface area (Å²) in [6.45, 7) is 11.5. The van der Waals surface area contributed by atoms with Crippen LogP contribution in [-0.4, -0.2) is 64.1 Å². The molecule has 0 bridgehead atoms. The lowest BCUT2D eigenvalue weighted by Gasteiger charge is -2.27. The van der Waals surface area contributed by atoms with E-state index in [-0.39, 0.29) is 29.7 Å². The van der Waals surface area contributed by atoms with Crippen LogP contribution in [0.3, 0.4) is 0 Å². The highest BCUT2D eigenvalue weighted by atomic mass is 32.2. The SMILES string of the molecule is CC1(C)C(/C=C/C=C/C=C2/N(CCCCCC(=O)NCCCn3c(CN=[N+]=[N-])nc4ccccc43)c3ccccc3C2(C)C)=[N+](CCCS(=O)(=O)[O-])c2ccccc21. The monoisotopic (exact) mass is 802 g/mol. The zero-order chi connectivity index (χ0) is 41.3. The number of aryl methyl sites for hydroxylation is 1. The van der Waals surface area contributed by atoms with Gasteiger partial charge in [-0.2, -0.15) is 4.58 Å². The fourth-order valence-corrected chi connectivity index (χ4v) is 8.88. The highest BCUT2D eigenvalue weighted by molar-refractivity contribution is 7.85. The summed E-state index contributed by atoms with van der Waals surface area (Å²) in [6.07, 6.45) is 14.6. The first-order valence-corrected chi connectivity index (χ1v) is 21.7. The van der Waals surface area contributed by atoms with Crippen LogP contribution in [0.1, 0.15) is 83.2 Å². The molecule has 3 aromatic carbocycles. The van der Waals surface area contributed by atoms with Crippen LogP contribution in [0.4, 0.5) is 11.4 Å². The Morgan fingerprint density at radius 2 is 1.64 bits per heavy atom. The first-order chi connectivity index (χ1) is 27.8. The molecule has 2 aliphatic heterocycles. The van der Waals surface area contributed by atoms with Gasteiger partial charge in [0.15, 0.2) is 5.71 Å². The van der Waals surface area contributed by atoms with E-state index in [0.29, 0.717) is 26.1 Å². The molecule has 1 amide bonds. The van der Waals surface area contributed by atoms with E-state index in [9.17, 15) is 17.8 Å². The van der Waals surface area contributed by atoms with Crippen LogP contribution in [-0.2, 0) is 38.8 Å². The predicted octanol–water partition coefficient (Wildman–Crippen LogP) is 8.72. The molecule has 0 unspecified atom stereocenters. The number of allylic oxidation sites excluding steroid dienone is 6. The minimum Gasteiger partial charge on any atom is -0.748 e. The van der Waals surface area contributed by atoms with E-state index in [1.165, 1.54) is 22.5 Å². The molecule has 0 saturated heterocycles. The molecule has 0 spiro atoms. The van der Waals surface area contributed by atoms with Crippen molar-refractivity contribution >= 4 is 44.1 Å². The summed E-state index contributed by atoms with van der Waals surface area (Å²) in [6, 6.07) is 24.6. The third-order valence-electron chi connectivity index (χ3n) is 11.3. The third-order valence-corrected chi connectivity index (χ3v) is 12.1. The van der Waals surface area contributed by atoms with Gasteiger partial charge >= 0.3 is 0 Å².